The van der Waals surface area contributed by atoms with Crippen LogP contribution in [0.2, 0.25) is 0 Å². The SMILES string of the molecule is Cc1ccc(CNc2cccc(N3CCCC3)c2)cc1C. The molecule has 2 heteroatoms. The first-order chi connectivity index (χ1) is 10.2. The van der Waals surface area contributed by atoms with Gasteiger partial charge in [0, 0.05) is 31.0 Å². The second-order valence-electron chi connectivity index (χ2n) is 6.02. The molecule has 2 nitrogen and oxygen atoms in total. The van der Waals surface area contributed by atoms with Gasteiger partial charge in [-0.1, -0.05) is 24.3 Å². The summed E-state index contributed by atoms with van der Waals surface area (Å²) >= 11 is 0. The Morgan fingerprint density at radius 2 is 1.76 bits per heavy atom. The van der Waals surface area contributed by atoms with Crippen molar-refractivity contribution in [1.82, 2.24) is 0 Å². The Kier molecular flexibility index (Phi) is 4.14. The Balaban J connectivity index is 1.67. The molecular weight excluding hydrogens is 256 g/mol. The fraction of sp³-hybridized carbons (Fsp3) is 0.368. The Bertz CT molecular complexity index is 613. The zero-order chi connectivity index (χ0) is 14.7. The highest BCUT2D eigenvalue weighted by molar-refractivity contribution is 5.58. The summed E-state index contributed by atoms with van der Waals surface area (Å²) in [6.45, 7) is 7.60. The van der Waals surface area contributed by atoms with Gasteiger partial charge in [-0.25, -0.2) is 0 Å². The molecule has 2 aromatic carbocycles. The first-order valence-electron chi connectivity index (χ1n) is 7.87. The number of hydrogen-bond donors (Lipinski definition) is 1. The minimum absolute atomic E-state index is 0.880. The lowest BCUT2D eigenvalue weighted by atomic mass is 10.1. The van der Waals surface area contributed by atoms with Gasteiger partial charge in [0.2, 0.25) is 0 Å². The third kappa shape index (κ3) is 3.38. The van der Waals surface area contributed by atoms with Crippen LogP contribution in [0.1, 0.15) is 29.5 Å². The van der Waals surface area contributed by atoms with E-state index in [1.807, 2.05) is 0 Å². The summed E-state index contributed by atoms with van der Waals surface area (Å²) in [4.78, 5) is 2.47. The van der Waals surface area contributed by atoms with E-state index in [1.54, 1.807) is 0 Å². The number of nitrogens with zero attached hydrogens (tertiary/aromatic N) is 1. The Labute approximate surface area is 127 Å². The van der Waals surface area contributed by atoms with Crippen LogP contribution in [0, 0.1) is 13.8 Å². The van der Waals surface area contributed by atoms with E-state index in [2.05, 4.69) is 66.5 Å². The smallest absolute Gasteiger partial charge is 0.0400 e. The average Bonchev–Trinajstić information content (AvgIpc) is 3.03. The minimum atomic E-state index is 0.880. The Morgan fingerprint density at radius 1 is 0.952 bits per heavy atom. The molecular formula is C19H24N2. The van der Waals surface area contributed by atoms with E-state index in [4.69, 9.17) is 0 Å². The van der Waals surface area contributed by atoms with E-state index in [1.165, 1.54) is 54.0 Å². The fourth-order valence-electron chi connectivity index (χ4n) is 2.91. The monoisotopic (exact) mass is 280 g/mol. The zero-order valence-electron chi connectivity index (χ0n) is 13.0. The largest absolute Gasteiger partial charge is 0.381 e. The summed E-state index contributed by atoms with van der Waals surface area (Å²) in [6.07, 6.45) is 2.64. The highest BCUT2D eigenvalue weighted by Gasteiger charge is 2.12. The maximum absolute atomic E-state index is 3.54. The van der Waals surface area contributed by atoms with Crippen LogP contribution < -0.4 is 10.2 Å². The second-order valence-corrected chi connectivity index (χ2v) is 6.02. The molecule has 0 saturated carbocycles. The summed E-state index contributed by atoms with van der Waals surface area (Å²) in [5.74, 6) is 0. The third-order valence-electron chi connectivity index (χ3n) is 4.39. The van der Waals surface area contributed by atoms with Gasteiger partial charge in [0.1, 0.15) is 0 Å². The van der Waals surface area contributed by atoms with Gasteiger partial charge in [-0.3, -0.25) is 0 Å². The molecule has 110 valence electrons. The number of hydrogen-bond acceptors (Lipinski definition) is 2. The molecule has 1 N–H and O–H groups in total. The maximum atomic E-state index is 3.54. The van der Waals surface area contributed by atoms with E-state index in [-0.39, 0.29) is 0 Å². The molecule has 0 aromatic heterocycles. The number of benzene rings is 2. The Morgan fingerprint density at radius 3 is 2.52 bits per heavy atom. The van der Waals surface area contributed by atoms with Gasteiger partial charge >= 0.3 is 0 Å². The molecule has 0 aliphatic carbocycles. The maximum Gasteiger partial charge on any atom is 0.0400 e. The van der Waals surface area contributed by atoms with Crippen molar-refractivity contribution >= 4 is 11.4 Å². The van der Waals surface area contributed by atoms with Crippen molar-refractivity contribution in [3.63, 3.8) is 0 Å². The molecule has 0 spiro atoms. The highest BCUT2D eigenvalue weighted by atomic mass is 15.1. The van der Waals surface area contributed by atoms with Gasteiger partial charge in [-0.05, 0) is 61.6 Å². The molecule has 1 aliphatic heterocycles. The number of aryl methyl sites for hydroxylation is 2. The summed E-state index contributed by atoms with van der Waals surface area (Å²) in [5.41, 5.74) is 6.61. The molecule has 2 aromatic rings. The summed E-state index contributed by atoms with van der Waals surface area (Å²) in [7, 11) is 0. The van der Waals surface area contributed by atoms with E-state index < -0.39 is 0 Å². The normalized spacial score (nSPS) is 14.5. The fourth-order valence-corrected chi connectivity index (χ4v) is 2.91. The second kappa shape index (κ2) is 6.21. The van der Waals surface area contributed by atoms with Crippen LogP contribution in [-0.4, -0.2) is 13.1 Å². The lowest BCUT2D eigenvalue weighted by Crippen LogP contribution is -2.17. The summed E-state index contributed by atoms with van der Waals surface area (Å²) in [6, 6.07) is 15.5. The molecule has 0 unspecified atom stereocenters. The molecule has 1 aliphatic rings. The van der Waals surface area contributed by atoms with Crippen molar-refractivity contribution < 1.29 is 0 Å². The summed E-state index contributed by atoms with van der Waals surface area (Å²) in [5, 5.41) is 3.54. The van der Waals surface area contributed by atoms with E-state index in [0.717, 1.165) is 6.54 Å². The molecule has 21 heavy (non-hydrogen) atoms. The van der Waals surface area contributed by atoms with Crippen molar-refractivity contribution in [3.8, 4) is 0 Å². The van der Waals surface area contributed by atoms with Gasteiger partial charge in [0.05, 0.1) is 0 Å². The van der Waals surface area contributed by atoms with Crippen molar-refractivity contribution in [2.24, 2.45) is 0 Å². The Hall–Kier alpha value is -1.96. The number of anilines is 2. The predicted molar refractivity (Wildman–Crippen MR) is 91.1 cm³/mol. The number of rotatable bonds is 4. The molecule has 0 amide bonds. The van der Waals surface area contributed by atoms with Gasteiger partial charge in [0.25, 0.3) is 0 Å². The first kappa shape index (κ1) is 14.0. The zero-order valence-corrected chi connectivity index (χ0v) is 13.0. The van der Waals surface area contributed by atoms with Crippen LogP contribution in [0.3, 0.4) is 0 Å². The quantitative estimate of drug-likeness (QED) is 0.886. The highest BCUT2D eigenvalue weighted by Crippen LogP contribution is 2.23. The molecule has 1 heterocycles. The standard InChI is InChI=1S/C19H24N2/c1-15-8-9-17(12-16(15)2)14-20-18-6-5-7-19(13-18)21-10-3-4-11-21/h5-9,12-13,20H,3-4,10-11,14H2,1-2H3. The summed E-state index contributed by atoms with van der Waals surface area (Å²) < 4.78 is 0. The van der Waals surface area contributed by atoms with Crippen molar-refractivity contribution in [2.45, 2.75) is 33.2 Å². The van der Waals surface area contributed by atoms with Crippen LogP contribution in [-0.2, 0) is 6.54 Å². The first-order valence-corrected chi connectivity index (χ1v) is 7.87. The van der Waals surface area contributed by atoms with E-state index >= 15 is 0 Å². The molecule has 0 radical (unpaired) electrons. The van der Waals surface area contributed by atoms with Crippen LogP contribution >= 0.6 is 0 Å². The van der Waals surface area contributed by atoms with Crippen molar-refractivity contribution in [1.29, 1.82) is 0 Å². The lowest BCUT2D eigenvalue weighted by Gasteiger charge is -2.18. The van der Waals surface area contributed by atoms with Crippen LogP contribution in [0.25, 0.3) is 0 Å². The third-order valence-corrected chi connectivity index (χ3v) is 4.39. The van der Waals surface area contributed by atoms with Gasteiger partial charge in [0.15, 0.2) is 0 Å². The van der Waals surface area contributed by atoms with Gasteiger partial charge in [-0.15, -0.1) is 0 Å². The molecule has 0 atom stereocenters. The van der Waals surface area contributed by atoms with Crippen molar-refractivity contribution in [2.75, 3.05) is 23.3 Å². The van der Waals surface area contributed by atoms with Gasteiger partial charge in [-0.2, -0.15) is 0 Å². The molecule has 1 fully saturated rings. The van der Waals surface area contributed by atoms with Crippen molar-refractivity contribution in [3.05, 3.63) is 59.2 Å². The predicted octanol–water partition coefficient (Wildman–Crippen LogP) is 4.52. The van der Waals surface area contributed by atoms with Crippen LogP contribution in [0.5, 0.6) is 0 Å². The molecule has 3 rings (SSSR count). The number of nitrogens with one attached hydrogen (secondary N) is 1. The average molecular weight is 280 g/mol. The van der Waals surface area contributed by atoms with Crippen LogP contribution in [0.15, 0.2) is 42.5 Å². The van der Waals surface area contributed by atoms with E-state index in [0.29, 0.717) is 0 Å². The minimum Gasteiger partial charge on any atom is -0.381 e. The lowest BCUT2D eigenvalue weighted by molar-refractivity contribution is 0.949. The molecule has 1 saturated heterocycles. The van der Waals surface area contributed by atoms with E-state index in [9.17, 15) is 0 Å². The van der Waals surface area contributed by atoms with Gasteiger partial charge < -0.3 is 10.2 Å². The molecule has 0 bridgehead atoms. The van der Waals surface area contributed by atoms with Crippen LogP contribution in [0.4, 0.5) is 11.4 Å². The topological polar surface area (TPSA) is 15.3 Å².